The largest absolute Gasteiger partial charge is 0.370 e. The highest BCUT2D eigenvalue weighted by molar-refractivity contribution is 5.78. The van der Waals surface area contributed by atoms with Crippen LogP contribution in [0.4, 0.5) is 5.82 Å². The maximum atomic E-state index is 5.91. The molecule has 104 valence electrons. The van der Waals surface area contributed by atoms with Crippen molar-refractivity contribution in [2.75, 3.05) is 25.5 Å². The average Bonchev–Trinajstić information content (AvgIpc) is 3.27. The smallest absolute Gasteiger partial charge is 0.191 e. The summed E-state index contributed by atoms with van der Waals surface area (Å²) in [5, 5.41) is 3.28. The summed E-state index contributed by atoms with van der Waals surface area (Å²) in [6, 6.07) is 6.50. The number of unbranched alkanes of at least 4 members (excludes halogenated alkanes) is 1. The van der Waals surface area contributed by atoms with E-state index in [0.717, 1.165) is 31.7 Å². The molecule has 1 fully saturated rings. The minimum atomic E-state index is 0.634. The quantitative estimate of drug-likeness (QED) is 0.445. The van der Waals surface area contributed by atoms with Gasteiger partial charge in [-0.2, -0.15) is 0 Å². The van der Waals surface area contributed by atoms with E-state index in [1.165, 1.54) is 12.8 Å². The van der Waals surface area contributed by atoms with Crippen LogP contribution in [0.5, 0.6) is 0 Å². The van der Waals surface area contributed by atoms with E-state index < -0.39 is 0 Å². The second-order valence-electron chi connectivity index (χ2n) is 4.93. The lowest BCUT2D eigenvalue weighted by Crippen LogP contribution is -2.35. The van der Waals surface area contributed by atoms with Gasteiger partial charge in [-0.05, 0) is 37.8 Å². The van der Waals surface area contributed by atoms with Gasteiger partial charge >= 0.3 is 0 Å². The number of aromatic nitrogens is 1. The molecule has 0 aliphatic heterocycles. The van der Waals surface area contributed by atoms with Gasteiger partial charge in [0, 0.05) is 32.4 Å². The maximum absolute atomic E-state index is 5.91. The van der Waals surface area contributed by atoms with Crippen LogP contribution in [0.3, 0.4) is 0 Å². The highest BCUT2D eigenvalue weighted by atomic mass is 15.3. The first-order chi connectivity index (χ1) is 9.27. The number of nitrogens with one attached hydrogen (secondary N) is 1. The van der Waals surface area contributed by atoms with Crippen LogP contribution in [0.1, 0.15) is 25.7 Å². The van der Waals surface area contributed by atoms with Crippen LogP contribution < -0.4 is 11.1 Å². The molecule has 0 bridgehead atoms. The number of hydrogen-bond acceptors (Lipinski definition) is 3. The molecule has 2 rings (SSSR count). The van der Waals surface area contributed by atoms with E-state index in [1.807, 2.05) is 25.2 Å². The average molecular weight is 261 g/mol. The van der Waals surface area contributed by atoms with Crippen molar-refractivity contribution in [3.05, 3.63) is 24.4 Å². The second kappa shape index (κ2) is 6.97. The second-order valence-corrected chi connectivity index (χ2v) is 4.93. The van der Waals surface area contributed by atoms with Gasteiger partial charge in [0.25, 0.3) is 0 Å². The maximum Gasteiger partial charge on any atom is 0.191 e. The highest BCUT2D eigenvalue weighted by Gasteiger charge is 2.27. The summed E-state index contributed by atoms with van der Waals surface area (Å²) in [6.07, 6.45) is 6.40. The topological polar surface area (TPSA) is 66.5 Å². The molecule has 0 atom stereocenters. The van der Waals surface area contributed by atoms with Crippen LogP contribution in [0.15, 0.2) is 29.4 Å². The normalized spacial score (nSPS) is 15.3. The number of rotatable bonds is 7. The first-order valence-corrected chi connectivity index (χ1v) is 6.95. The third-order valence-corrected chi connectivity index (χ3v) is 3.29. The van der Waals surface area contributed by atoms with Gasteiger partial charge in [-0.1, -0.05) is 6.07 Å². The molecular formula is C14H23N5. The molecule has 1 aliphatic carbocycles. The van der Waals surface area contributed by atoms with Crippen molar-refractivity contribution in [1.29, 1.82) is 0 Å². The molecule has 5 nitrogen and oxygen atoms in total. The number of nitrogens with zero attached hydrogens (tertiary/aromatic N) is 3. The van der Waals surface area contributed by atoms with Crippen LogP contribution in [-0.2, 0) is 0 Å². The Kier molecular flexibility index (Phi) is 5.01. The molecule has 19 heavy (non-hydrogen) atoms. The summed E-state index contributed by atoms with van der Waals surface area (Å²) in [5.74, 6) is 1.61. The monoisotopic (exact) mass is 261 g/mol. The molecule has 0 amide bonds. The molecule has 1 aromatic rings. The molecule has 0 aromatic carbocycles. The zero-order chi connectivity index (χ0) is 13.5. The van der Waals surface area contributed by atoms with Crippen molar-refractivity contribution < 1.29 is 0 Å². The van der Waals surface area contributed by atoms with E-state index in [9.17, 15) is 0 Å². The summed E-state index contributed by atoms with van der Waals surface area (Å²) in [4.78, 5) is 10.7. The Morgan fingerprint density at radius 1 is 1.47 bits per heavy atom. The lowest BCUT2D eigenvalue weighted by atomic mass is 10.3. The number of nitrogens with two attached hydrogens (primary N) is 1. The third-order valence-electron chi connectivity index (χ3n) is 3.29. The lowest BCUT2D eigenvalue weighted by Gasteiger charge is -2.16. The van der Waals surface area contributed by atoms with Gasteiger partial charge in [0.15, 0.2) is 5.96 Å². The standard InChI is InChI=1S/C14H23N5/c1-19(12-7-8-12)14(15)18-11-5-4-10-17-13-6-2-3-9-16-13/h2-3,6,9,12H,4-5,7-8,10-11H2,1H3,(H2,15,18)(H,16,17). The highest BCUT2D eigenvalue weighted by Crippen LogP contribution is 2.24. The molecular weight excluding hydrogens is 238 g/mol. The van der Waals surface area contributed by atoms with Crippen molar-refractivity contribution in [3.8, 4) is 0 Å². The summed E-state index contributed by atoms with van der Waals surface area (Å²) < 4.78 is 0. The first kappa shape index (κ1) is 13.6. The first-order valence-electron chi connectivity index (χ1n) is 6.95. The molecule has 1 heterocycles. The fourth-order valence-electron chi connectivity index (χ4n) is 1.87. The molecule has 1 aromatic heterocycles. The van der Waals surface area contributed by atoms with Crippen molar-refractivity contribution >= 4 is 11.8 Å². The minimum absolute atomic E-state index is 0.634. The number of anilines is 1. The molecule has 0 saturated heterocycles. The van der Waals surface area contributed by atoms with Crippen LogP contribution >= 0.6 is 0 Å². The van der Waals surface area contributed by atoms with Gasteiger partial charge in [0.1, 0.15) is 5.82 Å². The Hall–Kier alpha value is -1.78. The predicted molar refractivity (Wildman–Crippen MR) is 79.2 cm³/mol. The lowest BCUT2D eigenvalue weighted by molar-refractivity contribution is 0.487. The molecule has 1 aliphatic rings. The third kappa shape index (κ3) is 4.77. The Balaban J connectivity index is 1.55. The van der Waals surface area contributed by atoms with Gasteiger partial charge in [-0.15, -0.1) is 0 Å². The van der Waals surface area contributed by atoms with E-state index in [0.29, 0.717) is 12.0 Å². The number of guanidine groups is 1. The van der Waals surface area contributed by atoms with Crippen molar-refractivity contribution in [1.82, 2.24) is 9.88 Å². The molecule has 5 heteroatoms. The van der Waals surface area contributed by atoms with E-state index >= 15 is 0 Å². The van der Waals surface area contributed by atoms with Crippen molar-refractivity contribution in [2.24, 2.45) is 10.7 Å². The Morgan fingerprint density at radius 3 is 3.00 bits per heavy atom. The molecule has 0 spiro atoms. The van der Waals surface area contributed by atoms with E-state index in [2.05, 4.69) is 20.2 Å². The van der Waals surface area contributed by atoms with E-state index in [1.54, 1.807) is 6.20 Å². The Labute approximate surface area is 114 Å². The zero-order valence-electron chi connectivity index (χ0n) is 11.5. The summed E-state index contributed by atoms with van der Waals surface area (Å²) in [6.45, 7) is 1.72. The summed E-state index contributed by atoms with van der Waals surface area (Å²) >= 11 is 0. The van der Waals surface area contributed by atoms with Gasteiger partial charge in [-0.3, -0.25) is 4.99 Å². The predicted octanol–water partition coefficient (Wildman–Crippen LogP) is 1.68. The van der Waals surface area contributed by atoms with Gasteiger partial charge in [0.2, 0.25) is 0 Å². The number of hydrogen-bond donors (Lipinski definition) is 2. The Morgan fingerprint density at radius 2 is 2.32 bits per heavy atom. The van der Waals surface area contributed by atoms with Gasteiger partial charge < -0.3 is 16.0 Å². The zero-order valence-corrected chi connectivity index (χ0v) is 11.5. The van der Waals surface area contributed by atoms with Gasteiger partial charge in [-0.25, -0.2) is 4.98 Å². The SMILES string of the molecule is CN(C(N)=NCCCCNc1ccccn1)C1CC1. The summed E-state index contributed by atoms with van der Waals surface area (Å²) in [7, 11) is 2.03. The molecule has 0 unspecified atom stereocenters. The van der Waals surface area contributed by atoms with Crippen molar-refractivity contribution in [2.45, 2.75) is 31.7 Å². The molecule has 3 N–H and O–H groups in total. The molecule has 1 saturated carbocycles. The van der Waals surface area contributed by atoms with Gasteiger partial charge in [0.05, 0.1) is 0 Å². The Bertz CT molecular complexity index is 400. The van der Waals surface area contributed by atoms with E-state index in [4.69, 9.17) is 5.73 Å². The van der Waals surface area contributed by atoms with Crippen LogP contribution in [0.25, 0.3) is 0 Å². The fourth-order valence-corrected chi connectivity index (χ4v) is 1.87. The minimum Gasteiger partial charge on any atom is -0.370 e. The molecule has 0 radical (unpaired) electrons. The number of pyridine rings is 1. The summed E-state index contributed by atoms with van der Waals surface area (Å²) in [5.41, 5.74) is 5.91. The number of aliphatic imine (C=N–C) groups is 1. The van der Waals surface area contributed by atoms with Crippen LogP contribution in [-0.4, -0.2) is 42.0 Å². The fraction of sp³-hybridized carbons (Fsp3) is 0.571. The van der Waals surface area contributed by atoms with E-state index in [-0.39, 0.29) is 0 Å². The van der Waals surface area contributed by atoms with Crippen molar-refractivity contribution in [3.63, 3.8) is 0 Å². The van der Waals surface area contributed by atoms with Crippen LogP contribution in [0, 0.1) is 0 Å². The van der Waals surface area contributed by atoms with Crippen LogP contribution in [0.2, 0.25) is 0 Å².